The molecular formula is C9H21NO2. The van der Waals surface area contributed by atoms with E-state index in [2.05, 4.69) is 6.92 Å². The maximum Gasteiger partial charge on any atom is 0.0617 e. The molecule has 74 valence electrons. The lowest BCUT2D eigenvalue weighted by molar-refractivity contribution is 0.115. The molecule has 0 heterocycles. The Hall–Kier alpha value is -0.120. The molecule has 0 rings (SSSR count). The molecule has 0 spiro atoms. The van der Waals surface area contributed by atoms with E-state index in [0.29, 0.717) is 6.61 Å². The van der Waals surface area contributed by atoms with Crippen molar-refractivity contribution in [3.63, 3.8) is 0 Å². The van der Waals surface area contributed by atoms with Crippen LogP contribution in [0.2, 0.25) is 0 Å². The van der Waals surface area contributed by atoms with Gasteiger partial charge in [0, 0.05) is 19.3 Å². The predicted octanol–water partition coefficient (Wildman–Crippen LogP) is 0.903. The summed E-state index contributed by atoms with van der Waals surface area (Å²) in [7, 11) is 0. The minimum Gasteiger partial charge on any atom is -0.396 e. The lowest BCUT2D eigenvalue weighted by atomic mass is 10.2. The Morgan fingerprint density at radius 3 is 2.67 bits per heavy atom. The molecule has 0 aliphatic rings. The molecule has 3 N–H and O–H groups in total. The molecule has 3 heteroatoms. The van der Waals surface area contributed by atoms with Crippen molar-refractivity contribution < 1.29 is 9.84 Å². The third-order valence-electron chi connectivity index (χ3n) is 1.80. The molecular weight excluding hydrogens is 154 g/mol. The van der Waals surface area contributed by atoms with Crippen LogP contribution in [-0.2, 0) is 4.74 Å². The average Bonchev–Trinajstić information content (AvgIpc) is 2.10. The molecule has 0 aliphatic carbocycles. The highest BCUT2D eigenvalue weighted by atomic mass is 16.5. The molecule has 3 nitrogen and oxygen atoms in total. The average molecular weight is 175 g/mol. The minimum atomic E-state index is 0.183. The second kappa shape index (κ2) is 8.97. The highest BCUT2D eigenvalue weighted by Crippen LogP contribution is 1.95. The quantitative estimate of drug-likeness (QED) is 0.539. The molecule has 0 radical (unpaired) electrons. The van der Waals surface area contributed by atoms with Crippen LogP contribution in [0.5, 0.6) is 0 Å². The normalized spacial score (nSPS) is 13.2. The van der Waals surface area contributed by atoms with E-state index in [9.17, 15) is 0 Å². The van der Waals surface area contributed by atoms with Gasteiger partial charge in [-0.3, -0.25) is 0 Å². The zero-order chi connectivity index (χ0) is 9.23. The molecule has 0 saturated heterocycles. The van der Waals surface area contributed by atoms with Gasteiger partial charge >= 0.3 is 0 Å². The van der Waals surface area contributed by atoms with Gasteiger partial charge in [0.2, 0.25) is 0 Å². The maximum atomic E-state index is 8.49. The van der Waals surface area contributed by atoms with Crippen LogP contribution in [0.25, 0.3) is 0 Å². The summed E-state index contributed by atoms with van der Waals surface area (Å²) >= 11 is 0. The van der Waals surface area contributed by atoms with E-state index >= 15 is 0 Å². The molecule has 0 amide bonds. The Kier molecular flexibility index (Phi) is 8.88. The second-order valence-corrected chi connectivity index (χ2v) is 3.03. The first-order valence-electron chi connectivity index (χ1n) is 4.75. The van der Waals surface area contributed by atoms with Crippen molar-refractivity contribution in [1.82, 2.24) is 0 Å². The minimum absolute atomic E-state index is 0.183. The Labute approximate surface area is 74.9 Å². The summed E-state index contributed by atoms with van der Waals surface area (Å²) in [5, 5.41) is 8.49. The van der Waals surface area contributed by atoms with Gasteiger partial charge in [-0.05, 0) is 25.7 Å². The van der Waals surface area contributed by atoms with Crippen molar-refractivity contribution in [2.75, 3.05) is 19.8 Å². The van der Waals surface area contributed by atoms with Crippen LogP contribution in [0.1, 0.15) is 32.6 Å². The van der Waals surface area contributed by atoms with Crippen molar-refractivity contribution in [3.05, 3.63) is 0 Å². The number of hydrogen-bond donors (Lipinski definition) is 2. The van der Waals surface area contributed by atoms with Crippen LogP contribution < -0.4 is 5.73 Å². The number of aliphatic hydroxyl groups is 1. The lowest BCUT2D eigenvalue weighted by Crippen LogP contribution is -2.25. The molecule has 0 aromatic carbocycles. The van der Waals surface area contributed by atoms with Gasteiger partial charge in [-0.1, -0.05) is 6.92 Å². The highest BCUT2D eigenvalue weighted by molar-refractivity contribution is 4.55. The first-order valence-corrected chi connectivity index (χ1v) is 4.75. The Morgan fingerprint density at radius 1 is 1.33 bits per heavy atom. The fourth-order valence-corrected chi connectivity index (χ4v) is 0.845. The van der Waals surface area contributed by atoms with Crippen molar-refractivity contribution >= 4 is 0 Å². The van der Waals surface area contributed by atoms with Crippen LogP contribution >= 0.6 is 0 Å². The Balaban J connectivity index is 2.90. The summed E-state index contributed by atoms with van der Waals surface area (Å²) in [6, 6.07) is 0.183. The van der Waals surface area contributed by atoms with E-state index in [0.717, 1.165) is 32.3 Å². The molecule has 0 aromatic rings. The highest BCUT2D eigenvalue weighted by Gasteiger charge is 1.97. The molecule has 1 unspecified atom stereocenters. The summed E-state index contributed by atoms with van der Waals surface area (Å²) in [6.45, 7) is 3.78. The standard InChI is InChI=1S/C9H21NO2/c1-2-9(10)8-12-7-5-3-4-6-11/h9,11H,2-8,10H2,1H3. The second-order valence-electron chi connectivity index (χ2n) is 3.03. The summed E-state index contributed by atoms with van der Waals surface area (Å²) < 4.78 is 5.33. The topological polar surface area (TPSA) is 55.5 Å². The SMILES string of the molecule is CCC(N)COCCCCCO. The Bertz CT molecular complexity index is 88.6. The van der Waals surface area contributed by atoms with E-state index in [4.69, 9.17) is 15.6 Å². The summed E-state index contributed by atoms with van der Waals surface area (Å²) in [5.74, 6) is 0. The van der Waals surface area contributed by atoms with Gasteiger partial charge in [0.1, 0.15) is 0 Å². The number of aliphatic hydroxyl groups excluding tert-OH is 1. The van der Waals surface area contributed by atoms with Crippen LogP contribution in [0, 0.1) is 0 Å². The largest absolute Gasteiger partial charge is 0.396 e. The molecule has 0 saturated carbocycles. The third kappa shape index (κ3) is 7.98. The summed E-state index contributed by atoms with van der Waals surface area (Å²) in [4.78, 5) is 0. The van der Waals surface area contributed by atoms with Crippen molar-refractivity contribution in [2.24, 2.45) is 5.73 Å². The third-order valence-corrected chi connectivity index (χ3v) is 1.80. The van der Waals surface area contributed by atoms with Gasteiger partial charge in [0.25, 0.3) is 0 Å². The molecule has 12 heavy (non-hydrogen) atoms. The number of ether oxygens (including phenoxy) is 1. The van der Waals surface area contributed by atoms with E-state index in [1.807, 2.05) is 0 Å². The monoisotopic (exact) mass is 175 g/mol. The van der Waals surface area contributed by atoms with Crippen LogP contribution in [-0.4, -0.2) is 31.0 Å². The zero-order valence-electron chi connectivity index (χ0n) is 7.96. The van der Waals surface area contributed by atoms with E-state index in [-0.39, 0.29) is 12.6 Å². The molecule has 0 aliphatic heterocycles. The fraction of sp³-hybridized carbons (Fsp3) is 1.00. The maximum absolute atomic E-state index is 8.49. The summed E-state index contributed by atoms with van der Waals surface area (Å²) in [6.07, 6.45) is 3.91. The predicted molar refractivity (Wildman–Crippen MR) is 50.0 cm³/mol. The summed E-state index contributed by atoms with van der Waals surface area (Å²) in [5.41, 5.74) is 5.65. The van der Waals surface area contributed by atoms with Crippen molar-refractivity contribution in [2.45, 2.75) is 38.6 Å². The zero-order valence-corrected chi connectivity index (χ0v) is 7.96. The molecule has 0 bridgehead atoms. The van der Waals surface area contributed by atoms with Crippen LogP contribution in [0.4, 0.5) is 0 Å². The molecule has 0 fully saturated rings. The van der Waals surface area contributed by atoms with E-state index in [1.54, 1.807) is 0 Å². The van der Waals surface area contributed by atoms with Gasteiger partial charge in [0.05, 0.1) is 6.61 Å². The first-order chi connectivity index (χ1) is 5.81. The van der Waals surface area contributed by atoms with Crippen LogP contribution in [0.3, 0.4) is 0 Å². The van der Waals surface area contributed by atoms with Gasteiger partial charge in [-0.25, -0.2) is 0 Å². The number of rotatable bonds is 8. The van der Waals surface area contributed by atoms with Crippen LogP contribution in [0.15, 0.2) is 0 Å². The van der Waals surface area contributed by atoms with Crippen molar-refractivity contribution in [1.29, 1.82) is 0 Å². The van der Waals surface area contributed by atoms with E-state index in [1.165, 1.54) is 0 Å². The van der Waals surface area contributed by atoms with Gasteiger partial charge < -0.3 is 15.6 Å². The molecule has 0 aromatic heterocycles. The number of unbranched alkanes of at least 4 members (excludes halogenated alkanes) is 2. The van der Waals surface area contributed by atoms with Gasteiger partial charge in [0.15, 0.2) is 0 Å². The number of nitrogens with two attached hydrogens (primary N) is 1. The Morgan fingerprint density at radius 2 is 2.08 bits per heavy atom. The lowest BCUT2D eigenvalue weighted by Gasteiger charge is -2.08. The van der Waals surface area contributed by atoms with Gasteiger partial charge in [-0.15, -0.1) is 0 Å². The fourth-order valence-electron chi connectivity index (χ4n) is 0.845. The molecule has 1 atom stereocenters. The van der Waals surface area contributed by atoms with E-state index < -0.39 is 0 Å². The van der Waals surface area contributed by atoms with Gasteiger partial charge in [-0.2, -0.15) is 0 Å². The van der Waals surface area contributed by atoms with Crippen molar-refractivity contribution in [3.8, 4) is 0 Å². The number of hydrogen-bond acceptors (Lipinski definition) is 3. The smallest absolute Gasteiger partial charge is 0.0617 e. The first kappa shape index (κ1) is 11.9.